The highest BCUT2D eigenvalue weighted by atomic mass is 32.2. The van der Waals surface area contributed by atoms with Crippen LogP contribution < -0.4 is 4.31 Å². The number of benzene rings is 1. The lowest BCUT2D eigenvalue weighted by molar-refractivity contribution is 0.0773. The molecule has 1 aromatic carbocycles. The molecule has 0 N–H and O–H groups in total. The first-order valence-electron chi connectivity index (χ1n) is 7.80. The smallest absolute Gasteiger partial charge is 0.253 e. The number of carbonyl (C=O) groups excluding carboxylic acids is 1. The maximum absolute atomic E-state index is 12.4. The fraction of sp³-hybridized carbons (Fsp3) is 0.562. The van der Waals surface area contributed by atoms with Crippen molar-refractivity contribution in [1.29, 1.82) is 0 Å². The molecule has 1 heterocycles. The summed E-state index contributed by atoms with van der Waals surface area (Å²) in [5.41, 5.74) is 2.28. The number of sulfonamides is 1. The number of fused-ring (bicyclic) bond motifs is 1. The topological polar surface area (TPSA) is 57.7 Å². The molecule has 1 aliphatic heterocycles. The summed E-state index contributed by atoms with van der Waals surface area (Å²) in [6, 6.07) is 5.25. The number of hydrogen-bond acceptors (Lipinski definition) is 3. The van der Waals surface area contributed by atoms with Crippen molar-refractivity contribution >= 4 is 21.6 Å². The van der Waals surface area contributed by atoms with Gasteiger partial charge in [-0.15, -0.1) is 0 Å². The Kier molecular flexibility index (Phi) is 4.80. The maximum atomic E-state index is 12.4. The predicted molar refractivity (Wildman–Crippen MR) is 88.8 cm³/mol. The molecule has 22 heavy (non-hydrogen) atoms. The van der Waals surface area contributed by atoms with Gasteiger partial charge in [-0.3, -0.25) is 9.10 Å². The van der Waals surface area contributed by atoms with E-state index in [1.165, 1.54) is 4.31 Å². The normalized spacial score (nSPS) is 17.5. The van der Waals surface area contributed by atoms with Crippen LogP contribution in [-0.2, 0) is 16.4 Å². The number of nitrogens with zero attached hydrogens (tertiary/aromatic N) is 2. The van der Waals surface area contributed by atoms with Gasteiger partial charge in [0.25, 0.3) is 5.91 Å². The predicted octanol–water partition coefficient (Wildman–Crippen LogP) is 2.27. The van der Waals surface area contributed by atoms with Crippen molar-refractivity contribution in [2.75, 3.05) is 23.1 Å². The second-order valence-corrected chi connectivity index (χ2v) is 7.71. The number of anilines is 1. The van der Waals surface area contributed by atoms with Crippen LogP contribution in [0.5, 0.6) is 0 Å². The number of amides is 1. The molecule has 1 atom stereocenters. The molecule has 122 valence electrons. The highest BCUT2D eigenvalue weighted by Crippen LogP contribution is 2.35. The molecule has 0 aromatic heterocycles. The van der Waals surface area contributed by atoms with Gasteiger partial charge in [0, 0.05) is 24.7 Å². The fourth-order valence-electron chi connectivity index (χ4n) is 2.99. The van der Waals surface area contributed by atoms with Crippen LogP contribution in [0.1, 0.15) is 43.6 Å². The summed E-state index contributed by atoms with van der Waals surface area (Å²) < 4.78 is 26.0. The van der Waals surface area contributed by atoms with Gasteiger partial charge in [-0.25, -0.2) is 8.42 Å². The standard InChI is InChI=1S/C16H24N2O3S/c1-5-17(6-2)16(19)13-8-9-15-14(11-13)10-12(4)18(15)22(20,21)7-3/h8-9,11-12H,5-7,10H2,1-4H3/t12-/m1/s1. The van der Waals surface area contributed by atoms with E-state index in [9.17, 15) is 13.2 Å². The third-order valence-corrected chi connectivity index (χ3v) is 6.08. The lowest BCUT2D eigenvalue weighted by Crippen LogP contribution is -2.36. The van der Waals surface area contributed by atoms with E-state index in [4.69, 9.17) is 0 Å². The summed E-state index contributed by atoms with van der Waals surface area (Å²) in [6.45, 7) is 8.79. The summed E-state index contributed by atoms with van der Waals surface area (Å²) in [5.74, 6) is 0.0777. The molecule has 2 rings (SSSR count). The van der Waals surface area contributed by atoms with E-state index >= 15 is 0 Å². The van der Waals surface area contributed by atoms with Crippen molar-refractivity contribution in [3.63, 3.8) is 0 Å². The Morgan fingerprint density at radius 3 is 2.45 bits per heavy atom. The van der Waals surface area contributed by atoms with E-state index in [0.29, 0.717) is 30.8 Å². The molecular formula is C16H24N2O3S. The summed E-state index contributed by atoms with van der Waals surface area (Å²) in [4.78, 5) is 14.2. The largest absolute Gasteiger partial charge is 0.339 e. The van der Waals surface area contributed by atoms with Gasteiger partial charge in [0.05, 0.1) is 11.4 Å². The molecule has 0 bridgehead atoms. The van der Waals surface area contributed by atoms with E-state index in [0.717, 1.165) is 5.56 Å². The second-order valence-electron chi connectivity index (χ2n) is 5.57. The molecule has 0 aliphatic carbocycles. The van der Waals surface area contributed by atoms with Gasteiger partial charge >= 0.3 is 0 Å². The van der Waals surface area contributed by atoms with E-state index in [1.807, 2.05) is 26.8 Å². The number of hydrogen-bond donors (Lipinski definition) is 0. The minimum atomic E-state index is -3.28. The first kappa shape index (κ1) is 16.8. The molecule has 0 fully saturated rings. The highest BCUT2D eigenvalue weighted by Gasteiger charge is 2.34. The van der Waals surface area contributed by atoms with Crippen molar-refractivity contribution in [1.82, 2.24) is 4.90 Å². The van der Waals surface area contributed by atoms with Crippen LogP contribution in [0.4, 0.5) is 5.69 Å². The Hall–Kier alpha value is -1.56. The average molecular weight is 324 g/mol. The molecule has 0 unspecified atom stereocenters. The molecule has 6 heteroatoms. The van der Waals surface area contributed by atoms with Gasteiger partial charge in [-0.1, -0.05) is 0 Å². The lowest BCUT2D eigenvalue weighted by Gasteiger charge is -2.24. The summed E-state index contributed by atoms with van der Waals surface area (Å²) >= 11 is 0. The van der Waals surface area contributed by atoms with E-state index in [1.54, 1.807) is 24.0 Å². The summed E-state index contributed by atoms with van der Waals surface area (Å²) in [5, 5.41) is 0. The SMILES string of the molecule is CCN(CC)C(=O)c1ccc2c(c1)C[C@@H](C)N2S(=O)(=O)CC. The number of rotatable bonds is 5. The zero-order valence-electron chi connectivity index (χ0n) is 13.7. The van der Waals surface area contributed by atoms with Crippen molar-refractivity contribution in [3.05, 3.63) is 29.3 Å². The van der Waals surface area contributed by atoms with Gasteiger partial charge in [0.2, 0.25) is 10.0 Å². The molecule has 5 nitrogen and oxygen atoms in total. The highest BCUT2D eigenvalue weighted by molar-refractivity contribution is 7.92. The molecule has 0 saturated carbocycles. The van der Waals surface area contributed by atoms with Gasteiger partial charge in [-0.05, 0) is 57.9 Å². The first-order valence-corrected chi connectivity index (χ1v) is 9.40. The van der Waals surface area contributed by atoms with Crippen molar-refractivity contribution < 1.29 is 13.2 Å². The average Bonchev–Trinajstić information content (AvgIpc) is 2.83. The van der Waals surface area contributed by atoms with E-state index < -0.39 is 10.0 Å². The molecule has 0 radical (unpaired) electrons. The third-order valence-electron chi connectivity index (χ3n) is 4.19. The van der Waals surface area contributed by atoms with Gasteiger partial charge in [-0.2, -0.15) is 0 Å². The van der Waals surface area contributed by atoms with Crippen LogP contribution in [0.2, 0.25) is 0 Å². The van der Waals surface area contributed by atoms with Gasteiger partial charge in [0.1, 0.15) is 0 Å². The molecule has 0 saturated heterocycles. The molecule has 0 spiro atoms. The molecule has 1 aromatic rings. The lowest BCUT2D eigenvalue weighted by atomic mass is 10.1. The molecular weight excluding hydrogens is 300 g/mol. The quantitative estimate of drug-likeness (QED) is 0.835. The monoisotopic (exact) mass is 324 g/mol. The Balaban J connectivity index is 2.39. The van der Waals surface area contributed by atoms with Crippen LogP contribution in [0.15, 0.2) is 18.2 Å². The fourth-order valence-corrected chi connectivity index (χ4v) is 4.37. The summed E-state index contributed by atoms with van der Waals surface area (Å²) in [6.07, 6.45) is 0.647. The second kappa shape index (κ2) is 6.28. The van der Waals surface area contributed by atoms with Gasteiger partial charge in [0.15, 0.2) is 0 Å². The summed E-state index contributed by atoms with van der Waals surface area (Å²) in [7, 11) is -3.28. The first-order chi connectivity index (χ1) is 10.4. The van der Waals surface area contributed by atoms with Crippen LogP contribution in [-0.4, -0.2) is 44.1 Å². The van der Waals surface area contributed by atoms with Gasteiger partial charge < -0.3 is 4.90 Å². The Morgan fingerprint density at radius 2 is 1.91 bits per heavy atom. The Labute approximate surface area is 133 Å². The van der Waals surface area contributed by atoms with E-state index in [-0.39, 0.29) is 17.7 Å². The minimum absolute atomic E-state index is 0.00254. The van der Waals surface area contributed by atoms with Crippen LogP contribution in [0.3, 0.4) is 0 Å². The van der Waals surface area contributed by atoms with Crippen molar-refractivity contribution in [2.24, 2.45) is 0 Å². The Morgan fingerprint density at radius 1 is 1.27 bits per heavy atom. The molecule has 1 aliphatic rings. The third kappa shape index (κ3) is 2.84. The molecule has 1 amide bonds. The van der Waals surface area contributed by atoms with E-state index in [2.05, 4.69) is 0 Å². The van der Waals surface area contributed by atoms with Crippen LogP contribution in [0, 0.1) is 0 Å². The van der Waals surface area contributed by atoms with Crippen LogP contribution in [0.25, 0.3) is 0 Å². The maximum Gasteiger partial charge on any atom is 0.253 e. The Bertz CT molecular complexity index is 666. The zero-order valence-corrected chi connectivity index (χ0v) is 14.5. The van der Waals surface area contributed by atoms with Crippen molar-refractivity contribution in [2.45, 2.75) is 40.2 Å². The zero-order chi connectivity index (χ0) is 16.5. The number of carbonyl (C=O) groups is 1. The minimum Gasteiger partial charge on any atom is -0.339 e. The van der Waals surface area contributed by atoms with Crippen LogP contribution >= 0.6 is 0 Å². The van der Waals surface area contributed by atoms with Crippen molar-refractivity contribution in [3.8, 4) is 0 Å².